The highest BCUT2D eigenvalue weighted by Crippen LogP contribution is 2.07. The average molecular weight is 117 g/mol. The van der Waals surface area contributed by atoms with E-state index in [9.17, 15) is 0 Å². The van der Waals surface area contributed by atoms with Gasteiger partial charge in [-0.15, -0.1) is 0 Å². The summed E-state index contributed by atoms with van der Waals surface area (Å²) in [7, 11) is 1.56. The van der Waals surface area contributed by atoms with Crippen LogP contribution >= 0.6 is 0 Å². The predicted molar refractivity (Wildman–Crippen MR) is 32.1 cm³/mol. The molecular formula is C6H13O2. The summed E-state index contributed by atoms with van der Waals surface area (Å²) in [5.41, 5.74) is -0.129. The molecule has 0 aromatic heterocycles. The highest BCUT2D eigenvalue weighted by molar-refractivity contribution is 4.58. The van der Waals surface area contributed by atoms with Crippen molar-refractivity contribution in [1.29, 1.82) is 0 Å². The SMILES string of the molecule is CO[CH]OC(C)(C)C. The Labute approximate surface area is 50.8 Å². The average Bonchev–Trinajstić information content (AvgIpc) is 1.59. The van der Waals surface area contributed by atoms with Crippen molar-refractivity contribution in [3.8, 4) is 0 Å². The molecule has 0 aliphatic heterocycles. The van der Waals surface area contributed by atoms with Crippen molar-refractivity contribution in [1.82, 2.24) is 0 Å². The van der Waals surface area contributed by atoms with E-state index in [1.807, 2.05) is 20.8 Å². The molecule has 0 N–H and O–H groups in total. The Morgan fingerprint density at radius 1 is 1.25 bits per heavy atom. The zero-order valence-electron chi connectivity index (χ0n) is 5.89. The fraction of sp³-hybridized carbons (Fsp3) is 0.833. The Balaban J connectivity index is 3.11. The van der Waals surface area contributed by atoms with Gasteiger partial charge in [-0.05, 0) is 20.8 Å². The van der Waals surface area contributed by atoms with Gasteiger partial charge < -0.3 is 9.47 Å². The van der Waals surface area contributed by atoms with E-state index in [0.717, 1.165) is 0 Å². The third-order valence-corrected chi connectivity index (χ3v) is 0.498. The van der Waals surface area contributed by atoms with Gasteiger partial charge in [-0.1, -0.05) is 0 Å². The minimum atomic E-state index is -0.129. The molecule has 1 radical (unpaired) electrons. The molecule has 0 unspecified atom stereocenters. The second kappa shape index (κ2) is 3.05. The van der Waals surface area contributed by atoms with Gasteiger partial charge in [0, 0.05) is 7.11 Å². The fourth-order valence-electron chi connectivity index (χ4n) is 0.192. The van der Waals surface area contributed by atoms with Crippen LogP contribution in [-0.4, -0.2) is 12.7 Å². The topological polar surface area (TPSA) is 18.5 Å². The van der Waals surface area contributed by atoms with Crippen LogP contribution in [0.4, 0.5) is 0 Å². The van der Waals surface area contributed by atoms with Gasteiger partial charge in [0.25, 0.3) is 0 Å². The van der Waals surface area contributed by atoms with Crippen molar-refractivity contribution in [2.75, 3.05) is 7.11 Å². The number of hydrogen-bond donors (Lipinski definition) is 0. The Bertz CT molecular complexity index is 54.0. The molecule has 2 nitrogen and oxygen atoms in total. The Morgan fingerprint density at radius 3 is 1.88 bits per heavy atom. The molecule has 0 aromatic carbocycles. The summed E-state index contributed by atoms with van der Waals surface area (Å²) >= 11 is 0. The predicted octanol–water partition coefficient (Wildman–Crippen LogP) is 1.57. The zero-order chi connectivity index (χ0) is 6.62. The molecule has 0 rings (SSSR count). The summed E-state index contributed by atoms with van der Waals surface area (Å²) in [6.45, 7) is 7.22. The van der Waals surface area contributed by atoms with E-state index >= 15 is 0 Å². The molecule has 0 aliphatic rings. The zero-order valence-corrected chi connectivity index (χ0v) is 5.89. The third kappa shape index (κ3) is 5.92. The summed E-state index contributed by atoms with van der Waals surface area (Å²) in [6.07, 6.45) is 0. The Morgan fingerprint density at radius 2 is 1.75 bits per heavy atom. The molecule has 0 aromatic rings. The van der Waals surface area contributed by atoms with Gasteiger partial charge >= 0.3 is 0 Å². The van der Waals surface area contributed by atoms with Crippen LogP contribution in [0.3, 0.4) is 0 Å². The first kappa shape index (κ1) is 7.92. The number of hydrogen-bond acceptors (Lipinski definition) is 2. The van der Waals surface area contributed by atoms with E-state index in [1.54, 1.807) is 7.11 Å². The van der Waals surface area contributed by atoms with Crippen molar-refractivity contribution in [3.63, 3.8) is 0 Å². The van der Waals surface area contributed by atoms with Crippen molar-refractivity contribution in [3.05, 3.63) is 6.79 Å². The minimum Gasteiger partial charge on any atom is -0.351 e. The van der Waals surface area contributed by atoms with Gasteiger partial charge in [-0.3, -0.25) is 0 Å². The lowest BCUT2D eigenvalue weighted by molar-refractivity contribution is -0.0425. The van der Waals surface area contributed by atoms with E-state index < -0.39 is 0 Å². The normalized spacial score (nSPS) is 12.0. The van der Waals surface area contributed by atoms with E-state index in [2.05, 4.69) is 4.74 Å². The van der Waals surface area contributed by atoms with Gasteiger partial charge in [-0.2, -0.15) is 0 Å². The minimum absolute atomic E-state index is 0.129. The second-order valence-corrected chi connectivity index (χ2v) is 2.56. The van der Waals surface area contributed by atoms with Gasteiger partial charge in [0.2, 0.25) is 6.79 Å². The second-order valence-electron chi connectivity index (χ2n) is 2.56. The molecule has 0 atom stereocenters. The molecule has 0 amide bonds. The summed E-state index contributed by atoms with van der Waals surface area (Å²) in [6, 6.07) is 0. The Hall–Kier alpha value is -0.0800. The number of methoxy groups -OCH3 is 1. The fourth-order valence-corrected chi connectivity index (χ4v) is 0.192. The van der Waals surface area contributed by atoms with E-state index in [1.165, 1.54) is 6.79 Å². The molecule has 0 fully saturated rings. The first-order valence-corrected chi connectivity index (χ1v) is 2.58. The van der Waals surface area contributed by atoms with Crippen LogP contribution in [0.1, 0.15) is 20.8 Å². The maximum Gasteiger partial charge on any atom is 0.209 e. The smallest absolute Gasteiger partial charge is 0.209 e. The first-order valence-electron chi connectivity index (χ1n) is 2.58. The molecule has 8 heavy (non-hydrogen) atoms. The van der Waals surface area contributed by atoms with Gasteiger partial charge in [0.05, 0.1) is 5.60 Å². The first-order chi connectivity index (χ1) is 3.56. The third-order valence-electron chi connectivity index (χ3n) is 0.498. The molecule has 0 saturated carbocycles. The maximum atomic E-state index is 5.03. The lowest BCUT2D eigenvalue weighted by Gasteiger charge is -2.17. The van der Waals surface area contributed by atoms with Crippen LogP contribution in [0.2, 0.25) is 0 Å². The van der Waals surface area contributed by atoms with Crippen LogP contribution in [0.5, 0.6) is 0 Å². The van der Waals surface area contributed by atoms with Gasteiger partial charge in [0.15, 0.2) is 0 Å². The van der Waals surface area contributed by atoms with E-state index in [4.69, 9.17) is 4.74 Å². The van der Waals surface area contributed by atoms with E-state index in [0.29, 0.717) is 0 Å². The van der Waals surface area contributed by atoms with Crippen LogP contribution in [0.25, 0.3) is 0 Å². The summed E-state index contributed by atoms with van der Waals surface area (Å²) < 4.78 is 9.60. The molecule has 0 heterocycles. The highest BCUT2D eigenvalue weighted by Gasteiger charge is 2.08. The van der Waals surface area contributed by atoms with Gasteiger partial charge in [0.1, 0.15) is 0 Å². The van der Waals surface area contributed by atoms with Crippen molar-refractivity contribution >= 4 is 0 Å². The molecule has 0 aliphatic carbocycles. The molecule has 0 spiro atoms. The Kier molecular flexibility index (Phi) is 3.02. The van der Waals surface area contributed by atoms with Crippen molar-refractivity contribution in [2.45, 2.75) is 26.4 Å². The van der Waals surface area contributed by atoms with E-state index in [-0.39, 0.29) is 5.60 Å². The van der Waals surface area contributed by atoms with Crippen molar-refractivity contribution in [2.24, 2.45) is 0 Å². The summed E-state index contributed by atoms with van der Waals surface area (Å²) in [5.74, 6) is 0. The van der Waals surface area contributed by atoms with Crippen LogP contribution in [0.15, 0.2) is 0 Å². The number of ether oxygens (including phenoxy) is 2. The van der Waals surface area contributed by atoms with Crippen LogP contribution in [0, 0.1) is 6.79 Å². The standard InChI is InChI=1S/C6H13O2/c1-6(2,3)8-5-7-4/h5H,1-4H3. The molecule has 2 heteroatoms. The summed E-state index contributed by atoms with van der Waals surface area (Å²) in [5, 5.41) is 0. The summed E-state index contributed by atoms with van der Waals surface area (Å²) in [4.78, 5) is 0. The monoisotopic (exact) mass is 117 g/mol. The highest BCUT2D eigenvalue weighted by atomic mass is 16.7. The molecule has 0 bridgehead atoms. The van der Waals surface area contributed by atoms with Crippen LogP contribution in [-0.2, 0) is 9.47 Å². The molecule has 49 valence electrons. The number of rotatable bonds is 2. The lowest BCUT2D eigenvalue weighted by Crippen LogP contribution is -2.17. The molecular weight excluding hydrogens is 104 g/mol. The van der Waals surface area contributed by atoms with Crippen LogP contribution < -0.4 is 0 Å². The lowest BCUT2D eigenvalue weighted by atomic mass is 10.2. The van der Waals surface area contributed by atoms with Crippen molar-refractivity contribution < 1.29 is 9.47 Å². The maximum absolute atomic E-state index is 5.03. The quantitative estimate of drug-likeness (QED) is 0.546. The largest absolute Gasteiger partial charge is 0.351 e. The molecule has 0 saturated heterocycles. The van der Waals surface area contributed by atoms with Gasteiger partial charge in [-0.25, -0.2) is 0 Å².